The van der Waals surface area contributed by atoms with E-state index >= 15 is 0 Å². The van der Waals surface area contributed by atoms with Crippen LogP contribution in [0.25, 0.3) is 28.3 Å². The van der Waals surface area contributed by atoms with Crippen LogP contribution < -0.4 is 5.69 Å². The van der Waals surface area contributed by atoms with Gasteiger partial charge in [0.15, 0.2) is 0 Å². The molecule has 0 radical (unpaired) electrons. The fraction of sp³-hybridized carbons (Fsp3) is 0.185. The van der Waals surface area contributed by atoms with E-state index < -0.39 is 0 Å². The van der Waals surface area contributed by atoms with Crippen LogP contribution >= 0.6 is 0 Å². The summed E-state index contributed by atoms with van der Waals surface area (Å²) in [5, 5.41) is 23.9. The Kier molecular flexibility index (Phi) is 6.49. The summed E-state index contributed by atoms with van der Waals surface area (Å²) in [5.74, 6) is 0.502. The Morgan fingerprint density at radius 2 is 1.83 bits per heavy atom. The highest BCUT2D eigenvalue weighted by Gasteiger charge is 2.16. The molecule has 3 heterocycles. The summed E-state index contributed by atoms with van der Waals surface area (Å²) in [7, 11) is 0. The minimum atomic E-state index is -0.171. The van der Waals surface area contributed by atoms with Crippen LogP contribution in [0.2, 0.25) is 0 Å². The maximum atomic E-state index is 13.5. The van der Waals surface area contributed by atoms with Gasteiger partial charge in [-0.25, -0.2) is 4.79 Å². The van der Waals surface area contributed by atoms with Crippen molar-refractivity contribution in [2.24, 2.45) is 0 Å². The standard InChI is InChI=1S/C27H24N8O/c1-2-3-9-21-18-35(25-12-7-4-8-20(25)15-28)27(36)34(21)17-19-13-14-24(29-16-19)22-10-5-6-11-23(22)26-30-32-33-31-26/h4-8,10-14,16,18H,2-3,9,17H2,1H3,(H,30,31,32,33). The third kappa shape index (κ3) is 4.44. The number of aromatic nitrogens is 7. The number of unbranched alkanes of at least 4 members (excludes halogenated alkanes) is 1. The number of nitriles is 1. The predicted molar refractivity (Wildman–Crippen MR) is 135 cm³/mol. The third-order valence-corrected chi connectivity index (χ3v) is 6.09. The Morgan fingerprint density at radius 1 is 1.03 bits per heavy atom. The van der Waals surface area contributed by atoms with Gasteiger partial charge >= 0.3 is 5.69 Å². The van der Waals surface area contributed by atoms with Crippen molar-refractivity contribution in [2.45, 2.75) is 32.7 Å². The second kappa shape index (κ2) is 10.2. The van der Waals surface area contributed by atoms with Crippen LogP contribution in [-0.2, 0) is 13.0 Å². The van der Waals surface area contributed by atoms with Gasteiger partial charge in [0.05, 0.1) is 23.5 Å². The molecule has 2 aromatic carbocycles. The molecule has 178 valence electrons. The zero-order chi connectivity index (χ0) is 24.9. The molecule has 5 rings (SSSR count). The van der Waals surface area contributed by atoms with Gasteiger partial charge in [-0.1, -0.05) is 55.8 Å². The summed E-state index contributed by atoms with van der Waals surface area (Å²) in [4.78, 5) is 18.1. The molecule has 0 amide bonds. The van der Waals surface area contributed by atoms with Crippen LogP contribution in [0.4, 0.5) is 0 Å². The number of benzene rings is 2. The van der Waals surface area contributed by atoms with Crippen molar-refractivity contribution in [3.63, 3.8) is 0 Å². The molecule has 1 N–H and O–H groups in total. The molecule has 9 heteroatoms. The molecule has 9 nitrogen and oxygen atoms in total. The van der Waals surface area contributed by atoms with Gasteiger partial charge in [0.1, 0.15) is 6.07 Å². The van der Waals surface area contributed by atoms with Crippen LogP contribution in [0.1, 0.15) is 36.6 Å². The fourth-order valence-corrected chi connectivity index (χ4v) is 4.24. The van der Waals surface area contributed by atoms with Crippen molar-refractivity contribution in [1.29, 1.82) is 5.26 Å². The maximum Gasteiger partial charge on any atom is 0.333 e. The zero-order valence-electron chi connectivity index (χ0n) is 19.8. The molecule has 0 saturated heterocycles. The second-order valence-corrected chi connectivity index (χ2v) is 8.42. The normalized spacial score (nSPS) is 10.9. The Labute approximate surface area is 207 Å². The summed E-state index contributed by atoms with van der Waals surface area (Å²) < 4.78 is 3.35. The summed E-state index contributed by atoms with van der Waals surface area (Å²) in [6, 6.07) is 21.0. The number of hydrogen-bond acceptors (Lipinski definition) is 6. The summed E-state index contributed by atoms with van der Waals surface area (Å²) >= 11 is 0. The van der Waals surface area contributed by atoms with Crippen molar-refractivity contribution in [1.82, 2.24) is 34.7 Å². The molecule has 0 bridgehead atoms. The quantitative estimate of drug-likeness (QED) is 0.360. The molecule has 0 spiro atoms. The summed E-state index contributed by atoms with van der Waals surface area (Å²) in [6.45, 7) is 2.51. The van der Waals surface area contributed by atoms with E-state index in [-0.39, 0.29) is 5.69 Å². The number of hydrogen-bond donors (Lipinski definition) is 1. The number of rotatable bonds is 8. The van der Waals surface area contributed by atoms with Crippen LogP contribution in [0.3, 0.4) is 0 Å². The number of H-pyrrole nitrogens is 1. The van der Waals surface area contributed by atoms with Gasteiger partial charge in [-0.15, -0.1) is 10.2 Å². The van der Waals surface area contributed by atoms with Gasteiger partial charge in [-0.3, -0.25) is 14.1 Å². The highest BCUT2D eigenvalue weighted by Crippen LogP contribution is 2.28. The van der Waals surface area contributed by atoms with Gasteiger partial charge in [-0.05, 0) is 41.8 Å². The predicted octanol–water partition coefficient (Wildman–Crippen LogP) is 4.14. The van der Waals surface area contributed by atoms with E-state index in [0.29, 0.717) is 23.6 Å². The van der Waals surface area contributed by atoms with Gasteiger partial charge in [-0.2, -0.15) is 10.5 Å². The van der Waals surface area contributed by atoms with Gasteiger partial charge in [0, 0.05) is 29.2 Å². The molecule has 3 aromatic heterocycles. The topological polar surface area (TPSA) is 118 Å². The second-order valence-electron chi connectivity index (χ2n) is 8.42. The lowest BCUT2D eigenvalue weighted by atomic mass is 10.0. The molecule has 5 aromatic rings. The Hall–Kier alpha value is -4.84. The first kappa shape index (κ1) is 22.9. The average Bonchev–Trinajstić information content (AvgIpc) is 3.57. The lowest BCUT2D eigenvalue weighted by molar-refractivity contribution is 0.672. The number of aryl methyl sites for hydroxylation is 1. The summed E-state index contributed by atoms with van der Waals surface area (Å²) in [6.07, 6.45) is 6.41. The molecule has 0 fully saturated rings. The highest BCUT2D eigenvalue weighted by molar-refractivity contribution is 5.78. The molecule has 0 unspecified atom stereocenters. The number of nitrogens with zero attached hydrogens (tertiary/aromatic N) is 7. The zero-order valence-corrected chi connectivity index (χ0v) is 19.8. The Morgan fingerprint density at radius 3 is 2.56 bits per heavy atom. The van der Waals surface area contributed by atoms with E-state index in [1.165, 1.54) is 0 Å². The first-order valence-corrected chi connectivity index (χ1v) is 11.8. The van der Waals surface area contributed by atoms with E-state index in [0.717, 1.165) is 47.3 Å². The van der Waals surface area contributed by atoms with Crippen molar-refractivity contribution in [2.75, 3.05) is 0 Å². The van der Waals surface area contributed by atoms with Crippen molar-refractivity contribution < 1.29 is 0 Å². The van der Waals surface area contributed by atoms with Gasteiger partial charge in [0.2, 0.25) is 5.82 Å². The first-order valence-electron chi connectivity index (χ1n) is 11.8. The van der Waals surface area contributed by atoms with Crippen LogP contribution in [0.5, 0.6) is 0 Å². The van der Waals surface area contributed by atoms with Crippen molar-refractivity contribution >= 4 is 0 Å². The number of tetrazole rings is 1. The minimum absolute atomic E-state index is 0.171. The molecular weight excluding hydrogens is 452 g/mol. The SMILES string of the molecule is CCCCc1cn(-c2ccccc2C#N)c(=O)n1Cc1ccc(-c2ccccc2-c2nn[nH]n2)nc1. The third-order valence-electron chi connectivity index (χ3n) is 6.09. The summed E-state index contributed by atoms with van der Waals surface area (Å²) in [5.41, 5.74) is 5.22. The van der Waals surface area contributed by atoms with E-state index in [1.54, 1.807) is 33.5 Å². The van der Waals surface area contributed by atoms with Crippen LogP contribution in [-0.4, -0.2) is 34.7 Å². The number of para-hydroxylation sites is 1. The van der Waals surface area contributed by atoms with Gasteiger partial charge in [0.25, 0.3) is 0 Å². The molecule has 0 aliphatic heterocycles. The molecule has 36 heavy (non-hydrogen) atoms. The Bertz CT molecular complexity index is 1570. The van der Waals surface area contributed by atoms with E-state index in [9.17, 15) is 10.1 Å². The van der Waals surface area contributed by atoms with Gasteiger partial charge < -0.3 is 0 Å². The lowest BCUT2D eigenvalue weighted by Gasteiger charge is -2.09. The van der Waals surface area contributed by atoms with Crippen molar-refractivity contribution in [3.05, 3.63) is 100 Å². The number of imidazole rings is 1. The minimum Gasteiger partial charge on any atom is -0.292 e. The van der Waals surface area contributed by atoms with E-state index in [4.69, 9.17) is 0 Å². The molecular formula is C27H24N8O. The fourth-order valence-electron chi connectivity index (χ4n) is 4.24. The van der Waals surface area contributed by atoms with E-state index in [2.05, 4.69) is 38.6 Å². The average molecular weight is 477 g/mol. The maximum absolute atomic E-state index is 13.5. The molecule has 0 atom stereocenters. The monoisotopic (exact) mass is 476 g/mol. The van der Waals surface area contributed by atoms with Crippen LogP contribution in [0.15, 0.2) is 77.9 Å². The largest absolute Gasteiger partial charge is 0.333 e. The number of pyridine rings is 1. The van der Waals surface area contributed by atoms with E-state index in [1.807, 2.05) is 48.7 Å². The number of nitrogens with one attached hydrogen (secondary N) is 1. The highest BCUT2D eigenvalue weighted by atomic mass is 16.1. The first-order chi connectivity index (χ1) is 17.7. The Balaban J connectivity index is 1.49. The van der Waals surface area contributed by atoms with Crippen molar-refractivity contribution in [3.8, 4) is 34.4 Å². The molecule has 0 aliphatic carbocycles. The molecule has 0 saturated carbocycles. The lowest BCUT2D eigenvalue weighted by Crippen LogP contribution is -2.25. The molecule has 0 aliphatic rings. The smallest absolute Gasteiger partial charge is 0.292 e. The van der Waals surface area contributed by atoms with Crippen LogP contribution in [0, 0.1) is 11.3 Å². The number of aromatic amines is 1.